The first kappa shape index (κ1) is 68.2. The molecule has 0 rings (SSSR count). The van der Waals surface area contributed by atoms with Crippen LogP contribution in [-0.4, -0.2) is 80.4 Å². The van der Waals surface area contributed by atoms with E-state index in [-0.39, 0.29) is 0 Å². The summed E-state index contributed by atoms with van der Waals surface area (Å²) in [6, 6.07) is 0. The summed E-state index contributed by atoms with van der Waals surface area (Å²) in [7, 11) is 5.12. The molecule has 0 aromatic carbocycles. The largest absolute Gasteiger partial charge is 0.550 e. The second-order valence-corrected chi connectivity index (χ2v) is 19.5. The van der Waals surface area contributed by atoms with Gasteiger partial charge in [-0.05, 0) is 84.0 Å². The molecule has 0 fully saturated rings. The molecule has 6 nitrogen and oxygen atoms in total. The Kier molecular flexibility index (Phi) is 55.9. The fraction of sp³-hybridized carbons (Fsp3) is 0.963. The zero-order valence-corrected chi connectivity index (χ0v) is 43.9. The average molecular weight is 909 g/mol. The number of hydrogen-bond donors (Lipinski definition) is 0. The van der Waals surface area contributed by atoms with Gasteiger partial charge in [-0.2, -0.15) is 13.2 Å². The number of aliphatic carboxylic acids is 2. The van der Waals surface area contributed by atoms with E-state index in [0.717, 1.165) is 6.92 Å². The number of nitrogens with zero attached hydrogens (tertiary/aromatic N) is 2. The molecule has 0 saturated carbocycles. The van der Waals surface area contributed by atoms with Gasteiger partial charge in [-0.3, -0.25) is 0 Å². The van der Waals surface area contributed by atoms with Crippen LogP contribution in [0, 0.1) is 0 Å². The molecule has 0 bridgehead atoms. The molecule has 0 aromatic rings. The van der Waals surface area contributed by atoms with E-state index in [1.165, 1.54) is 279 Å². The summed E-state index contributed by atoms with van der Waals surface area (Å²) < 4.78 is 34.3. The summed E-state index contributed by atoms with van der Waals surface area (Å²) in [5.74, 6) is -4.09. The molecule has 382 valence electrons. The summed E-state index contributed by atoms with van der Waals surface area (Å²) in [6.45, 7) is 23.4. The van der Waals surface area contributed by atoms with Crippen molar-refractivity contribution in [3.63, 3.8) is 0 Å². The topological polar surface area (TPSA) is 80.3 Å². The minimum Gasteiger partial charge on any atom is -0.550 e. The van der Waals surface area contributed by atoms with Gasteiger partial charge in [0, 0.05) is 5.97 Å². The summed E-state index contributed by atoms with van der Waals surface area (Å²) in [6.07, 6.45) is 46.5. The van der Waals surface area contributed by atoms with E-state index in [2.05, 4.69) is 55.6 Å². The van der Waals surface area contributed by atoms with Gasteiger partial charge in [0.2, 0.25) is 0 Å². The predicted octanol–water partition coefficient (Wildman–Crippen LogP) is 15.1. The third-order valence-electron chi connectivity index (χ3n) is 12.5. The number of halogens is 3. The average Bonchev–Trinajstić information content (AvgIpc) is 3.23. The fourth-order valence-corrected chi connectivity index (χ4v) is 8.31. The molecule has 0 atom stereocenters. The minimum atomic E-state index is -5.19. The second-order valence-electron chi connectivity index (χ2n) is 19.5. The van der Waals surface area contributed by atoms with Crippen LogP contribution in [-0.2, 0) is 9.59 Å². The molecule has 0 radical (unpaired) electrons. The van der Waals surface area contributed by atoms with Gasteiger partial charge in [-0.1, -0.05) is 196 Å². The van der Waals surface area contributed by atoms with Gasteiger partial charge in [0.1, 0.15) is 5.97 Å². The van der Waals surface area contributed by atoms with E-state index >= 15 is 0 Å². The lowest BCUT2D eigenvalue weighted by atomic mass is 10.1. The number of hydrogen-bond acceptors (Lipinski definition) is 4. The van der Waals surface area contributed by atoms with Crippen molar-refractivity contribution >= 4 is 11.9 Å². The highest BCUT2D eigenvalue weighted by Gasteiger charge is 2.29. The van der Waals surface area contributed by atoms with Crippen molar-refractivity contribution in [1.29, 1.82) is 0 Å². The molecular formula is C54H111F3N2O4. The van der Waals surface area contributed by atoms with Gasteiger partial charge in [0.05, 0.1) is 53.4 Å². The van der Waals surface area contributed by atoms with Crippen molar-refractivity contribution in [1.82, 2.24) is 0 Å². The molecular weight excluding hydrogens is 798 g/mol. The van der Waals surface area contributed by atoms with Crippen LogP contribution in [0.2, 0.25) is 0 Å². The quantitative estimate of drug-likeness (QED) is 0.0451. The number of carboxylic acids is 2. The van der Waals surface area contributed by atoms with Crippen LogP contribution in [0.3, 0.4) is 0 Å². The van der Waals surface area contributed by atoms with Gasteiger partial charge in [0.25, 0.3) is 0 Å². The standard InChI is InChI=1S/2C25H54N.C2HF3O2.C2H4O2/c2*1-5-8-11-14-17-20-23-26(4,24-21-18-15-12-9-6-2)25-22-19-16-13-10-7-3;3-2(4,5)1(6)7;1-2(3)4/h2*5-25H2,1-4H3;(H,6,7);1H3,(H,3,4)/q2*+1;;/p-2. The lowest BCUT2D eigenvalue weighted by Gasteiger charge is -2.35. The SMILES string of the molecule is CC(=O)[O-].CCCCCCCC[N+](C)(CCCCCCCC)CCCCCCCC.CCCCCCCC[N+](C)(CCCCCCCC)CCCCCCCC.O=C([O-])C(F)(F)F. The molecule has 9 heteroatoms. The molecule has 0 N–H and O–H groups in total. The second kappa shape index (κ2) is 51.6. The molecule has 63 heavy (non-hydrogen) atoms. The van der Waals surface area contributed by atoms with Crippen molar-refractivity contribution in [3.05, 3.63) is 0 Å². The Labute approximate surface area is 391 Å². The van der Waals surface area contributed by atoms with Crippen LogP contribution >= 0.6 is 0 Å². The van der Waals surface area contributed by atoms with Crippen molar-refractivity contribution < 1.29 is 41.9 Å². The van der Waals surface area contributed by atoms with Crippen LogP contribution in [0.1, 0.15) is 280 Å². The zero-order chi connectivity index (χ0) is 48.4. The van der Waals surface area contributed by atoms with Gasteiger partial charge >= 0.3 is 6.18 Å². The molecule has 0 aliphatic carbocycles. The third kappa shape index (κ3) is 60.6. The number of carbonyl (C=O) groups is 2. The Morgan fingerprint density at radius 2 is 0.444 bits per heavy atom. The van der Waals surface area contributed by atoms with Crippen LogP contribution in [0.25, 0.3) is 0 Å². The monoisotopic (exact) mass is 909 g/mol. The van der Waals surface area contributed by atoms with E-state index in [1.807, 2.05) is 0 Å². The van der Waals surface area contributed by atoms with E-state index in [9.17, 15) is 13.2 Å². The smallest absolute Gasteiger partial charge is 0.430 e. The van der Waals surface area contributed by atoms with Crippen molar-refractivity contribution in [3.8, 4) is 0 Å². The summed E-state index contributed by atoms with van der Waals surface area (Å²) in [5.41, 5.74) is 0. The van der Waals surface area contributed by atoms with Crippen molar-refractivity contribution in [2.75, 3.05) is 53.4 Å². The van der Waals surface area contributed by atoms with Gasteiger partial charge in [-0.15, -0.1) is 0 Å². The van der Waals surface area contributed by atoms with Crippen LogP contribution in [0.5, 0.6) is 0 Å². The molecule has 0 spiro atoms. The van der Waals surface area contributed by atoms with E-state index < -0.39 is 18.1 Å². The normalized spacial score (nSPS) is 11.6. The highest BCUT2D eigenvalue weighted by molar-refractivity contribution is 5.70. The maximum atomic E-state index is 10.5. The molecule has 0 aliphatic heterocycles. The lowest BCUT2D eigenvalue weighted by molar-refractivity contribution is -0.910. The Balaban J connectivity index is -0.000000445. The summed E-state index contributed by atoms with van der Waals surface area (Å²) in [4.78, 5) is 17.7. The Morgan fingerprint density at radius 1 is 0.333 bits per heavy atom. The van der Waals surface area contributed by atoms with Crippen LogP contribution in [0.4, 0.5) is 13.2 Å². The molecule has 0 aromatic heterocycles. The maximum Gasteiger partial charge on any atom is 0.430 e. The number of alkyl halides is 3. The minimum absolute atomic E-state index is 0.972. The lowest BCUT2D eigenvalue weighted by Crippen LogP contribution is -2.46. The molecule has 0 aliphatic rings. The van der Waals surface area contributed by atoms with Crippen molar-refractivity contribution in [2.24, 2.45) is 0 Å². The van der Waals surface area contributed by atoms with Crippen LogP contribution in [0.15, 0.2) is 0 Å². The van der Waals surface area contributed by atoms with Gasteiger partial charge < -0.3 is 28.8 Å². The highest BCUT2D eigenvalue weighted by atomic mass is 19.4. The molecule has 0 saturated heterocycles. The van der Waals surface area contributed by atoms with E-state index in [1.54, 1.807) is 0 Å². The highest BCUT2D eigenvalue weighted by Crippen LogP contribution is 2.18. The van der Waals surface area contributed by atoms with Crippen LogP contribution < -0.4 is 10.2 Å². The van der Waals surface area contributed by atoms with Gasteiger partial charge in [-0.25, -0.2) is 0 Å². The molecule has 0 heterocycles. The Morgan fingerprint density at radius 3 is 0.556 bits per heavy atom. The summed E-state index contributed by atoms with van der Waals surface area (Å²) in [5, 5.41) is 17.7. The third-order valence-corrected chi connectivity index (χ3v) is 12.5. The number of quaternary nitrogens is 2. The molecule has 0 unspecified atom stereocenters. The Bertz CT molecular complexity index is 778. The fourth-order valence-electron chi connectivity index (χ4n) is 8.31. The first-order valence-corrected chi connectivity index (χ1v) is 27.2. The first-order valence-electron chi connectivity index (χ1n) is 27.2. The first-order chi connectivity index (χ1) is 30.0. The number of rotatable bonds is 42. The predicted molar refractivity (Wildman–Crippen MR) is 264 cm³/mol. The number of carbonyl (C=O) groups excluding carboxylic acids is 2. The number of unbranched alkanes of at least 4 members (excludes halogenated alkanes) is 30. The number of carboxylic acid groups (broad SMARTS) is 2. The zero-order valence-electron chi connectivity index (χ0n) is 43.9. The summed E-state index contributed by atoms with van der Waals surface area (Å²) >= 11 is 0. The van der Waals surface area contributed by atoms with Crippen molar-refractivity contribution in [2.45, 2.75) is 286 Å². The Hall–Kier alpha value is -1.35. The van der Waals surface area contributed by atoms with E-state index in [4.69, 9.17) is 19.8 Å². The molecule has 0 amide bonds. The van der Waals surface area contributed by atoms with E-state index in [0.29, 0.717) is 0 Å². The van der Waals surface area contributed by atoms with Gasteiger partial charge in [0.15, 0.2) is 0 Å². The maximum absolute atomic E-state index is 10.5.